The summed E-state index contributed by atoms with van der Waals surface area (Å²) in [6.45, 7) is 2.31. The Labute approximate surface area is 118 Å². The van der Waals surface area contributed by atoms with Gasteiger partial charge in [-0.05, 0) is 24.6 Å². The topological polar surface area (TPSA) is 65.3 Å². The van der Waals surface area contributed by atoms with Gasteiger partial charge in [0.2, 0.25) is 0 Å². The molecule has 0 bridgehead atoms. The molecule has 4 heteroatoms. The van der Waals surface area contributed by atoms with Gasteiger partial charge in [0.25, 0.3) is 0 Å². The van der Waals surface area contributed by atoms with E-state index in [1.165, 1.54) is 7.11 Å². The zero-order valence-corrected chi connectivity index (χ0v) is 11.5. The summed E-state index contributed by atoms with van der Waals surface area (Å²) < 4.78 is 5.07. The number of ether oxygens (including phenoxy) is 1. The first-order valence-corrected chi connectivity index (χ1v) is 6.25. The van der Waals surface area contributed by atoms with Crippen molar-refractivity contribution in [2.45, 2.75) is 13.5 Å². The van der Waals surface area contributed by atoms with Crippen molar-refractivity contribution >= 4 is 5.69 Å². The van der Waals surface area contributed by atoms with Crippen LogP contribution >= 0.6 is 0 Å². The van der Waals surface area contributed by atoms with Crippen LogP contribution in [0.3, 0.4) is 0 Å². The van der Waals surface area contributed by atoms with Crippen molar-refractivity contribution in [2.75, 3.05) is 12.4 Å². The highest BCUT2D eigenvalue weighted by molar-refractivity contribution is 5.61. The SMILES string of the molecule is COc1cccc(CNc2cccc(C)c2C#N)c1O. The molecule has 0 aliphatic rings. The maximum Gasteiger partial charge on any atom is 0.162 e. The van der Waals surface area contributed by atoms with E-state index in [1.54, 1.807) is 6.07 Å². The number of nitrogens with one attached hydrogen (secondary N) is 1. The maximum absolute atomic E-state index is 10.0. The van der Waals surface area contributed by atoms with Crippen LogP contribution in [-0.2, 0) is 6.54 Å². The Hall–Kier alpha value is -2.67. The Morgan fingerprint density at radius 3 is 2.70 bits per heavy atom. The summed E-state index contributed by atoms with van der Waals surface area (Å²) in [5.41, 5.74) is 3.02. The summed E-state index contributed by atoms with van der Waals surface area (Å²) in [6, 6.07) is 13.2. The van der Waals surface area contributed by atoms with Crippen molar-refractivity contribution in [2.24, 2.45) is 0 Å². The molecule has 0 amide bonds. The number of aromatic hydroxyl groups is 1. The maximum atomic E-state index is 10.0. The lowest BCUT2D eigenvalue weighted by atomic mass is 10.1. The lowest BCUT2D eigenvalue weighted by Gasteiger charge is -2.12. The fourth-order valence-electron chi connectivity index (χ4n) is 2.03. The number of aryl methyl sites for hydroxylation is 1. The van der Waals surface area contributed by atoms with Crippen LogP contribution in [0.2, 0.25) is 0 Å². The van der Waals surface area contributed by atoms with Crippen molar-refractivity contribution < 1.29 is 9.84 Å². The third-order valence-electron chi connectivity index (χ3n) is 3.16. The highest BCUT2D eigenvalue weighted by Gasteiger charge is 2.09. The molecule has 0 unspecified atom stereocenters. The molecule has 0 saturated heterocycles. The Morgan fingerprint density at radius 2 is 2.00 bits per heavy atom. The van der Waals surface area contributed by atoms with Gasteiger partial charge in [-0.3, -0.25) is 0 Å². The lowest BCUT2D eigenvalue weighted by molar-refractivity contribution is 0.371. The van der Waals surface area contributed by atoms with E-state index in [9.17, 15) is 10.4 Å². The molecule has 0 aromatic heterocycles. The van der Waals surface area contributed by atoms with E-state index < -0.39 is 0 Å². The second kappa shape index (κ2) is 5.98. The zero-order chi connectivity index (χ0) is 14.5. The number of benzene rings is 2. The standard InChI is InChI=1S/C16H16N2O2/c1-11-5-3-7-14(13(11)9-17)18-10-12-6-4-8-15(20-2)16(12)19/h3-8,18-19H,10H2,1-2H3. The van der Waals surface area contributed by atoms with Gasteiger partial charge in [-0.1, -0.05) is 24.3 Å². The summed E-state index contributed by atoms with van der Waals surface area (Å²) >= 11 is 0. The average molecular weight is 268 g/mol. The quantitative estimate of drug-likeness (QED) is 0.893. The first-order chi connectivity index (χ1) is 9.67. The molecular weight excluding hydrogens is 252 g/mol. The van der Waals surface area contributed by atoms with Crippen LogP contribution in [0.1, 0.15) is 16.7 Å². The van der Waals surface area contributed by atoms with Crippen molar-refractivity contribution in [1.29, 1.82) is 5.26 Å². The molecule has 102 valence electrons. The van der Waals surface area contributed by atoms with Gasteiger partial charge >= 0.3 is 0 Å². The highest BCUT2D eigenvalue weighted by atomic mass is 16.5. The van der Waals surface area contributed by atoms with E-state index in [4.69, 9.17) is 4.74 Å². The average Bonchev–Trinajstić information content (AvgIpc) is 2.46. The summed E-state index contributed by atoms with van der Waals surface area (Å²) in [5.74, 6) is 0.558. The van der Waals surface area contributed by atoms with Gasteiger partial charge in [-0.15, -0.1) is 0 Å². The van der Waals surface area contributed by atoms with Gasteiger partial charge in [-0.25, -0.2) is 0 Å². The van der Waals surface area contributed by atoms with Gasteiger partial charge in [0, 0.05) is 12.1 Å². The van der Waals surface area contributed by atoms with Gasteiger partial charge < -0.3 is 15.2 Å². The van der Waals surface area contributed by atoms with Crippen LogP contribution in [0, 0.1) is 18.3 Å². The molecule has 0 saturated carbocycles. The number of phenols is 1. The van der Waals surface area contributed by atoms with E-state index in [-0.39, 0.29) is 5.75 Å². The van der Waals surface area contributed by atoms with E-state index in [1.807, 2.05) is 37.3 Å². The molecule has 4 nitrogen and oxygen atoms in total. The normalized spacial score (nSPS) is 9.85. The van der Waals surface area contributed by atoms with E-state index >= 15 is 0 Å². The van der Waals surface area contributed by atoms with Crippen LogP contribution < -0.4 is 10.1 Å². The molecule has 2 aromatic rings. The molecule has 0 spiro atoms. The van der Waals surface area contributed by atoms with Crippen molar-refractivity contribution in [3.8, 4) is 17.6 Å². The third kappa shape index (κ3) is 2.67. The largest absolute Gasteiger partial charge is 0.504 e. The fraction of sp³-hybridized carbons (Fsp3) is 0.188. The molecule has 2 aromatic carbocycles. The van der Waals surface area contributed by atoms with Crippen molar-refractivity contribution in [3.63, 3.8) is 0 Å². The Morgan fingerprint density at radius 1 is 1.25 bits per heavy atom. The molecule has 20 heavy (non-hydrogen) atoms. The van der Waals surface area contributed by atoms with E-state index in [2.05, 4.69) is 11.4 Å². The zero-order valence-electron chi connectivity index (χ0n) is 11.5. The molecule has 0 atom stereocenters. The molecule has 0 aliphatic heterocycles. The summed E-state index contributed by atoms with van der Waals surface area (Å²) in [7, 11) is 1.51. The van der Waals surface area contributed by atoms with Gasteiger partial charge in [0.05, 0.1) is 18.4 Å². The Bertz CT molecular complexity index is 660. The minimum atomic E-state index is 0.119. The van der Waals surface area contributed by atoms with Crippen LogP contribution in [0.15, 0.2) is 36.4 Å². The smallest absolute Gasteiger partial charge is 0.162 e. The van der Waals surface area contributed by atoms with E-state index in [0.29, 0.717) is 17.9 Å². The number of phenolic OH excluding ortho intramolecular Hbond substituents is 1. The lowest BCUT2D eigenvalue weighted by Crippen LogP contribution is -2.03. The third-order valence-corrected chi connectivity index (χ3v) is 3.16. The molecule has 0 radical (unpaired) electrons. The minimum absolute atomic E-state index is 0.119. The molecular formula is C16H16N2O2. The highest BCUT2D eigenvalue weighted by Crippen LogP contribution is 2.30. The van der Waals surface area contributed by atoms with Crippen LogP contribution in [0.25, 0.3) is 0 Å². The number of nitriles is 1. The molecule has 0 fully saturated rings. The predicted molar refractivity (Wildman–Crippen MR) is 77.9 cm³/mol. The van der Waals surface area contributed by atoms with Crippen LogP contribution in [-0.4, -0.2) is 12.2 Å². The molecule has 2 rings (SSSR count). The first-order valence-electron chi connectivity index (χ1n) is 6.25. The minimum Gasteiger partial charge on any atom is -0.504 e. The summed E-state index contributed by atoms with van der Waals surface area (Å²) in [4.78, 5) is 0. The number of hydrogen-bond acceptors (Lipinski definition) is 4. The van der Waals surface area contributed by atoms with Crippen LogP contribution in [0.4, 0.5) is 5.69 Å². The van der Waals surface area contributed by atoms with Gasteiger partial charge in [-0.2, -0.15) is 5.26 Å². The number of para-hydroxylation sites is 1. The first kappa shape index (κ1) is 13.8. The Balaban J connectivity index is 2.22. The van der Waals surface area contributed by atoms with Crippen molar-refractivity contribution in [1.82, 2.24) is 0 Å². The van der Waals surface area contributed by atoms with E-state index in [0.717, 1.165) is 16.8 Å². The van der Waals surface area contributed by atoms with Crippen molar-refractivity contribution in [3.05, 3.63) is 53.1 Å². The van der Waals surface area contributed by atoms with Gasteiger partial charge in [0.1, 0.15) is 6.07 Å². The predicted octanol–water partition coefficient (Wildman–Crippen LogP) is 3.19. The van der Waals surface area contributed by atoms with Gasteiger partial charge in [0.15, 0.2) is 11.5 Å². The molecule has 2 N–H and O–H groups in total. The fourth-order valence-corrected chi connectivity index (χ4v) is 2.03. The molecule has 0 aliphatic carbocycles. The Kier molecular flexibility index (Phi) is 4.11. The monoisotopic (exact) mass is 268 g/mol. The number of rotatable bonds is 4. The molecule has 0 heterocycles. The second-order valence-electron chi connectivity index (χ2n) is 4.43. The number of anilines is 1. The summed E-state index contributed by atoms with van der Waals surface area (Å²) in [6.07, 6.45) is 0. The summed E-state index contributed by atoms with van der Waals surface area (Å²) in [5, 5.41) is 22.4. The second-order valence-corrected chi connectivity index (χ2v) is 4.43. The van der Waals surface area contributed by atoms with Crippen LogP contribution in [0.5, 0.6) is 11.5 Å². The number of hydrogen-bond donors (Lipinski definition) is 2. The number of nitrogens with zero attached hydrogens (tertiary/aromatic N) is 1. The number of methoxy groups -OCH3 is 1.